The minimum absolute atomic E-state index is 0.613. The summed E-state index contributed by atoms with van der Waals surface area (Å²) in [6.45, 7) is 2.94. The normalized spacial score (nSPS) is 11.2. The Morgan fingerprint density at radius 3 is 2.74 bits per heavy atom. The third kappa shape index (κ3) is 2.43. The fraction of sp³-hybridized carbons (Fsp3) is 0.105. The molecule has 114 valence electrons. The van der Waals surface area contributed by atoms with E-state index >= 15 is 0 Å². The molecule has 0 saturated heterocycles. The first-order valence-corrected chi connectivity index (χ1v) is 7.96. The molecule has 23 heavy (non-hydrogen) atoms. The van der Waals surface area contributed by atoms with E-state index in [1.807, 2.05) is 54.6 Å². The van der Waals surface area contributed by atoms with Crippen LogP contribution >= 0.6 is 11.6 Å². The second-order valence-corrected chi connectivity index (χ2v) is 5.78. The summed E-state index contributed by atoms with van der Waals surface area (Å²) in [6, 6.07) is 17.8. The van der Waals surface area contributed by atoms with Crippen molar-refractivity contribution in [2.24, 2.45) is 0 Å². The van der Waals surface area contributed by atoms with Crippen LogP contribution in [0.5, 0.6) is 0 Å². The predicted molar refractivity (Wildman–Crippen MR) is 96.1 cm³/mol. The van der Waals surface area contributed by atoms with Crippen molar-refractivity contribution in [1.82, 2.24) is 4.98 Å². The van der Waals surface area contributed by atoms with Crippen LogP contribution in [0.1, 0.15) is 6.92 Å². The molecule has 1 aromatic heterocycles. The van der Waals surface area contributed by atoms with E-state index < -0.39 is 0 Å². The largest absolute Gasteiger partial charge is 0.436 e. The van der Waals surface area contributed by atoms with Crippen molar-refractivity contribution in [3.8, 4) is 11.5 Å². The number of halogens is 1. The molecule has 3 aromatic carbocycles. The molecule has 0 aliphatic rings. The first-order valence-electron chi connectivity index (χ1n) is 7.58. The first-order chi connectivity index (χ1) is 11.3. The third-order valence-electron chi connectivity index (χ3n) is 3.87. The van der Waals surface area contributed by atoms with E-state index in [0.29, 0.717) is 5.89 Å². The zero-order valence-electron chi connectivity index (χ0n) is 12.6. The lowest BCUT2D eigenvalue weighted by molar-refractivity contribution is 0.620. The molecule has 0 saturated carbocycles. The maximum Gasteiger partial charge on any atom is 0.227 e. The van der Waals surface area contributed by atoms with Crippen LogP contribution in [-0.2, 0) is 0 Å². The van der Waals surface area contributed by atoms with Gasteiger partial charge in [-0.3, -0.25) is 0 Å². The number of hydrogen-bond donors (Lipinski definition) is 1. The van der Waals surface area contributed by atoms with Crippen molar-refractivity contribution in [3.05, 3.63) is 59.6 Å². The summed E-state index contributed by atoms with van der Waals surface area (Å²) in [5.41, 5.74) is 3.62. The van der Waals surface area contributed by atoms with Crippen LogP contribution in [-0.4, -0.2) is 11.5 Å². The number of fused-ring (bicyclic) bond motifs is 2. The van der Waals surface area contributed by atoms with E-state index in [1.165, 1.54) is 0 Å². The standard InChI is InChI=1S/C19H15ClN2O/c1-2-21-12-9-10-18-17(11-12)22-19(23-18)15-7-3-6-14-13(15)5-4-8-16(14)20/h3-11,21H,2H2,1H3. The lowest BCUT2D eigenvalue weighted by Gasteiger charge is -2.04. The summed E-state index contributed by atoms with van der Waals surface area (Å²) < 4.78 is 5.95. The van der Waals surface area contributed by atoms with Crippen molar-refractivity contribution >= 4 is 39.2 Å². The van der Waals surface area contributed by atoms with Gasteiger partial charge in [-0.15, -0.1) is 0 Å². The fourth-order valence-electron chi connectivity index (χ4n) is 2.81. The van der Waals surface area contributed by atoms with Gasteiger partial charge >= 0.3 is 0 Å². The maximum absolute atomic E-state index is 6.29. The average Bonchev–Trinajstić information content (AvgIpc) is 2.98. The van der Waals surface area contributed by atoms with E-state index in [4.69, 9.17) is 16.0 Å². The van der Waals surface area contributed by atoms with E-state index in [0.717, 1.165) is 44.7 Å². The molecule has 0 bridgehead atoms. The number of oxazole rings is 1. The summed E-state index contributed by atoms with van der Waals surface area (Å²) in [7, 11) is 0. The van der Waals surface area contributed by atoms with Crippen LogP contribution in [0.3, 0.4) is 0 Å². The van der Waals surface area contributed by atoms with E-state index in [9.17, 15) is 0 Å². The molecular weight excluding hydrogens is 308 g/mol. The second-order valence-electron chi connectivity index (χ2n) is 5.37. The van der Waals surface area contributed by atoms with Crippen LogP contribution in [0.2, 0.25) is 5.02 Å². The molecule has 1 N–H and O–H groups in total. The van der Waals surface area contributed by atoms with Gasteiger partial charge in [0.05, 0.1) is 0 Å². The Hall–Kier alpha value is -2.52. The van der Waals surface area contributed by atoms with Crippen molar-refractivity contribution in [2.75, 3.05) is 11.9 Å². The van der Waals surface area contributed by atoms with Crippen molar-refractivity contribution in [2.45, 2.75) is 6.92 Å². The smallest absolute Gasteiger partial charge is 0.227 e. The van der Waals surface area contributed by atoms with Gasteiger partial charge < -0.3 is 9.73 Å². The van der Waals surface area contributed by atoms with Gasteiger partial charge in [0.15, 0.2) is 5.58 Å². The van der Waals surface area contributed by atoms with Crippen molar-refractivity contribution in [3.63, 3.8) is 0 Å². The van der Waals surface area contributed by atoms with Gasteiger partial charge in [-0.2, -0.15) is 0 Å². The van der Waals surface area contributed by atoms with Crippen molar-refractivity contribution in [1.29, 1.82) is 0 Å². The molecular formula is C19H15ClN2O. The molecule has 4 aromatic rings. The first kappa shape index (κ1) is 14.1. The van der Waals surface area contributed by atoms with Crippen LogP contribution in [0.4, 0.5) is 5.69 Å². The Morgan fingerprint density at radius 2 is 1.87 bits per heavy atom. The molecule has 0 unspecified atom stereocenters. The number of anilines is 1. The lowest BCUT2D eigenvalue weighted by atomic mass is 10.0. The maximum atomic E-state index is 6.29. The molecule has 0 aliphatic carbocycles. The van der Waals surface area contributed by atoms with E-state index in [-0.39, 0.29) is 0 Å². The Morgan fingerprint density at radius 1 is 1.04 bits per heavy atom. The summed E-state index contributed by atoms with van der Waals surface area (Å²) >= 11 is 6.29. The highest BCUT2D eigenvalue weighted by atomic mass is 35.5. The van der Waals surface area contributed by atoms with Gasteiger partial charge in [-0.25, -0.2) is 4.98 Å². The Bertz CT molecular complexity index is 1010. The van der Waals surface area contributed by atoms with E-state index in [1.54, 1.807) is 0 Å². The molecule has 0 aliphatic heterocycles. The fourth-order valence-corrected chi connectivity index (χ4v) is 3.05. The zero-order valence-corrected chi connectivity index (χ0v) is 13.4. The molecule has 0 spiro atoms. The number of nitrogens with one attached hydrogen (secondary N) is 1. The van der Waals surface area contributed by atoms with Crippen LogP contribution < -0.4 is 5.32 Å². The molecule has 0 amide bonds. The van der Waals surface area contributed by atoms with Gasteiger partial charge in [-0.05, 0) is 42.6 Å². The number of aromatic nitrogens is 1. The molecule has 0 fully saturated rings. The number of benzene rings is 3. The minimum atomic E-state index is 0.613. The van der Waals surface area contributed by atoms with Gasteiger partial charge in [-0.1, -0.05) is 35.9 Å². The van der Waals surface area contributed by atoms with Gasteiger partial charge in [0, 0.05) is 28.2 Å². The molecule has 0 atom stereocenters. The topological polar surface area (TPSA) is 38.1 Å². The number of nitrogens with zero attached hydrogens (tertiary/aromatic N) is 1. The predicted octanol–water partition coefficient (Wildman–Crippen LogP) is 5.73. The summed E-state index contributed by atoms with van der Waals surface area (Å²) in [4.78, 5) is 4.66. The Labute approximate surface area is 138 Å². The third-order valence-corrected chi connectivity index (χ3v) is 4.20. The zero-order chi connectivity index (χ0) is 15.8. The number of rotatable bonds is 3. The Balaban J connectivity index is 1.91. The summed E-state index contributed by atoms with van der Waals surface area (Å²) in [5.74, 6) is 0.613. The summed E-state index contributed by atoms with van der Waals surface area (Å²) in [5, 5.41) is 6.06. The Kier molecular flexibility index (Phi) is 3.43. The highest BCUT2D eigenvalue weighted by molar-refractivity contribution is 6.35. The lowest BCUT2D eigenvalue weighted by Crippen LogP contribution is -1.95. The highest BCUT2D eigenvalue weighted by Crippen LogP contribution is 2.33. The molecule has 1 heterocycles. The summed E-state index contributed by atoms with van der Waals surface area (Å²) in [6.07, 6.45) is 0. The van der Waals surface area contributed by atoms with Crippen LogP contribution in [0.25, 0.3) is 33.3 Å². The average molecular weight is 323 g/mol. The van der Waals surface area contributed by atoms with Gasteiger partial charge in [0.2, 0.25) is 5.89 Å². The molecule has 3 nitrogen and oxygen atoms in total. The highest BCUT2D eigenvalue weighted by Gasteiger charge is 2.12. The van der Waals surface area contributed by atoms with Crippen molar-refractivity contribution < 1.29 is 4.42 Å². The van der Waals surface area contributed by atoms with Crippen LogP contribution in [0.15, 0.2) is 59.0 Å². The quantitative estimate of drug-likeness (QED) is 0.523. The molecule has 0 radical (unpaired) electrons. The number of hydrogen-bond acceptors (Lipinski definition) is 3. The van der Waals surface area contributed by atoms with Gasteiger partial charge in [0.25, 0.3) is 0 Å². The van der Waals surface area contributed by atoms with Gasteiger partial charge in [0.1, 0.15) is 5.52 Å². The molecule has 4 rings (SSSR count). The monoisotopic (exact) mass is 322 g/mol. The SMILES string of the molecule is CCNc1ccc2oc(-c3cccc4c(Cl)cccc34)nc2c1. The van der Waals surface area contributed by atoms with E-state index in [2.05, 4.69) is 17.2 Å². The molecule has 4 heteroatoms. The minimum Gasteiger partial charge on any atom is -0.436 e. The second kappa shape index (κ2) is 5.60. The van der Waals surface area contributed by atoms with Crippen LogP contribution in [0, 0.1) is 0 Å².